The van der Waals surface area contributed by atoms with E-state index in [9.17, 15) is 14.4 Å². The zero-order valence-electron chi connectivity index (χ0n) is 27.9. The molecule has 0 aliphatic carbocycles. The monoisotopic (exact) mass is 584 g/mol. The van der Waals surface area contributed by atoms with E-state index in [0.29, 0.717) is 5.56 Å². The minimum absolute atomic E-state index is 0.0126. The SMILES string of the molecule is [2H]C([2H])([2H])C([2H])([2H])c1nn2cc(F)c(N3CCN(C(=O)OC(C)(C)C)CC3)cc2c1N(C)c1nc(-c2ccc(F)cc2)c(C#N)s1. The second-order valence-corrected chi connectivity index (χ2v) is 11.4. The summed E-state index contributed by atoms with van der Waals surface area (Å²) in [6.07, 6.45) is -2.39. The van der Waals surface area contributed by atoms with Crippen LogP contribution in [0.4, 0.5) is 30.1 Å². The van der Waals surface area contributed by atoms with E-state index in [1.165, 1.54) is 47.2 Å². The molecular weight excluding hydrogens is 548 g/mol. The number of anilines is 3. The van der Waals surface area contributed by atoms with Crippen molar-refractivity contribution in [2.75, 3.05) is 43.0 Å². The molecule has 12 heteroatoms. The number of fused-ring (bicyclic) bond motifs is 1. The number of carbonyl (C=O) groups excluding carboxylic acids is 1. The lowest BCUT2D eigenvalue weighted by Crippen LogP contribution is -2.50. The van der Waals surface area contributed by atoms with Gasteiger partial charge in [0.15, 0.2) is 10.9 Å². The van der Waals surface area contributed by atoms with Crippen LogP contribution in [0.2, 0.25) is 0 Å². The van der Waals surface area contributed by atoms with Gasteiger partial charge in [0.25, 0.3) is 0 Å². The molecule has 41 heavy (non-hydrogen) atoms. The Morgan fingerprint density at radius 1 is 1.24 bits per heavy atom. The lowest BCUT2D eigenvalue weighted by Gasteiger charge is -2.36. The van der Waals surface area contributed by atoms with Crippen LogP contribution in [0, 0.1) is 23.0 Å². The third-order valence-electron chi connectivity index (χ3n) is 6.52. The third-order valence-corrected chi connectivity index (χ3v) is 7.56. The molecule has 0 unspecified atom stereocenters. The number of ether oxygens (including phenoxy) is 1. The first kappa shape index (κ1) is 22.4. The maximum absolute atomic E-state index is 15.6. The van der Waals surface area contributed by atoms with Crippen molar-refractivity contribution >= 4 is 39.5 Å². The Morgan fingerprint density at radius 2 is 1.95 bits per heavy atom. The van der Waals surface area contributed by atoms with Gasteiger partial charge in [-0.2, -0.15) is 10.4 Å². The van der Waals surface area contributed by atoms with Crippen LogP contribution in [-0.4, -0.2) is 64.4 Å². The van der Waals surface area contributed by atoms with E-state index in [1.807, 2.05) is 0 Å². The fraction of sp³-hybridized carbons (Fsp3) is 0.379. The highest BCUT2D eigenvalue weighted by atomic mass is 32.1. The van der Waals surface area contributed by atoms with Crippen LogP contribution in [0.3, 0.4) is 0 Å². The number of thiazole rings is 1. The number of amides is 1. The number of rotatable bonds is 5. The number of aromatic nitrogens is 3. The lowest BCUT2D eigenvalue weighted by atomic mass is 10.1. The first-order valence-electron chi connectivity index (χ1n) is 15.3. The van der Waals surface area contributed by atoms with Crippen molar-refractivity contribution in [2.45, 2.75) is 39.6 Å². The smallest absolute Gasteiger partial charge is 0.410 e. The molecule has 1 fully saturated rings. The summed E-state index contributed by atoms with van der Waals surface area (Å²) in [5.74, 6) is -1.15. The normalized spacial score (nSPS) is 16.4. The Kier molecular flexibility index (Phi) is 6.01. The quantitative estimate of drug-likeness (QED) is 0.284. The highest BCUT2D eigenvalue weighted by Crippen LogP contribution is 2.39. The van der Waals surface area contributed by atoms with E-state index in [-0.39, 0.29) is 58.8 Å². The van der Waals surface area contributed by atoms with Gasteiger partial charge < -0.3 is 19.4 Å². The van der Waals surface area contributed by atoms with Crippen molar-refractivity contribution in [1.82, 2.24) is 19.5 Å². The molecule has 0 radical (unpaired) electrons. The molecular formula is C29H31F2N7O2S. The minimum atomic E-state index is -3.14. The number of pyridine rings is 1. The Morgan fingerprint density at radius 3 is 2.59 bits per heavy atom. The molecule has 3 aromatic heterocycles. The summed E-state index contributed by atoms with van der Waals surface area (Å²) in [5, 5.41) is 14.3. The number of nitriles is 1. The van der Waals surface area contributed by atoms with Crippen molar-refractivity contribution in [1.29, 1.82) is 5.26 Å². The second-order valence-electron chi connectivity index (χ2n) is 10.5. The molecule has 0 N–H and O–H groups in total. The van der Waals surface area contributed by atoms with Crippen LogP contribution in [0.25, 0.3) is 16.8 Å². The van der Waals surface area contributed by atoms with Gasteiger partial charge >= 0.3 is 6.09 Å². The average molecular weight is 585 g/mol. The van der Waals surface area contributed by atoms with Gasteiger partial charge in [-0.1, -0.05) is 18.2 Å². The number of benzene rings is 1. The predicted octanol–water partition coefficient (Wildman–Crippen LogP) is 6.00. The third kappa shape index (κ3) is 5.67. The molecule has 1 aromatic carbocycles. The maximum Gasteiger partial charge on any atom is 0.410 e. The van der Waals surface area contributed by atoms with E-state index >= 15 is 4.39 Å². The van der Waals surface area contributed by atoms with Crippen LogP contribution < -0.4 is 9.80 Å². The topological polar surface area (TPSA) is 90.0 Å². The molecule has 0 spiro atoms. The molecule has 1 aliphatic heterocycles. The van der Waals surface area contributed by atoms with Gasteiger partial charge in [-0.3, -0.25) is 0 Å². The summed E-state index contributed by atoms with van der Waals surface area (Å²) in [7, 11) is 1.52. The molecule has 9 nitrogen and oxygen atoms in total. The van der Waals surface area contributed by atoms with Gasteiger partial charge in [0.05, 0.1) is 28.8 Å². The number of hydrogen-bond donors (Lipinski definition) is 0. The highest BCUT2D eigenvalue weighted by Gasteiger charge is 2.28. The second kappa shape index (κ2) is 11.0. The zero-order valence-corrected chi connectivity index (χ0v) is 23.7. The highest BCUT2D eigenvalue weighted by molar-refractivity contribution is 7.16. The summed E-state index contributed by atoms with van der Waals surface area (Å²) in [5.41, 5.74) is -0.0537. The number of nitrogens with zero attached hydrogens (tertiary/aromatic N) is 7. The van der Waals surface area contributed by atoms with Gasteiger partial charge in [-0.25, -0.2) is 23.1 Å². The molecule has 4 heterocycles. The van der Waals surface area contributed by atoms with Crippen LogP contribution in [-0.2, 0) is 11.1 Å². The van der Waals surface area contributed by atoms with Crippen molar-refractivity contribution < 1.29 is 25.2 Å². The summed E-state index contributed by atoms with van der Waals surface area (Å²) in [6, 6.07) is 8.94. The summed E-state index contributed by atoms with van der Waals surface area (Å²) >= 11 is 0.968. The Hall–Kier alpha value is -4.24. The number of carbonyl (C=O) groups is 1. The van der Waals surface area contributed by atoms with Gasteiger partial charge in [-0.05, 0) is 57.5 Å². The summed E-state index contributed by atoms with van der Waals surface area (Å²) in [6.45, 7) is 3.24. The van der Waals surface area contributed by atoms with Crippen molar-refractivity contribution in [3.63, 3.8) is 0 Å². The fourth-order valence-electron chi connectivity index (χ4n) is 4.58. The van der Waals surface area contributed by atoms with E-state index in [0.717, 1.165) is 22.0 Å². The van der Waals surface area contributed by atoms with Crippen molar-refractivity contribution in [3.8, 4) is 17.3 Å². The Balaban J connectivity index is 1.59. The average Bonchev–Trinajstić information content (AvgIpc) is 3.57. The van der Waals surface area contributed by atoms with Crippen molar-refractivity contribution in [3.05, 3.63) is 58.7 Å². The lowest BCUT2D eigenvalue weighted by molar-refractivity contribution is 0.0240. The van der Waals surface area contributed by atoms with E-state index in [1.54, 1.807) is 25.7 Å². The van der Waals surface area contributed by atoms with Gasteiger partial charge in [0.2, 0.25) is 0 Å². The Bertz CT molecular complexity index is 1820. The maximum atomic E-state index is 15.6. The Labute approximate surface area is 248 Å². The van der Waals surface area contributed by atoms with Crippen LogP contribution >= 0.6 is 11.3 Å². The molecule has 0 saturated carbocycles. The van der Waals surface area contributed by atoms with Crippen LogP contribution in [0.5, 0.6) is 0 Å². The van der Waals surface area contributed by atoms with E-state index < -0.39 is 42.2 Å². The summed E-state index contributed by atoms with van der Waals surface area (Å²) in [4.78, 5) is 22.0. The largest absolute Gasteiger partial charge is 0.444 e. The molecule has 1 aliphatic rings. The van der Waals surface area contributed by atoms with Gasteiger partial charge in [0.1, 0.15) is 28.1 Å². The molecule has 0 bridgehead atoms. The first-order chi connectivity index (χ1) is 21.4. The summed E-state index contributed by atoms with van der Waals surface area (Å²) < 4.78 is 76.6. The van der Waals surface area contributed by atoms with Gasteiger partial charge in [0, 0.05) is 45.6 Å². The number of hydrogen-bond acceptors (Lipinski definition) is 8. The fourth-order valence-corrected chi connectivity index (χ4v) is 5.44. The number of aryl methyl sites for hydroxylation is 1. The standard InChI is InChI=1S/C29H31F2N7O2S/c1-6-21-26(35(5)27-33-25(24(16-32)41-27)18-7-9-19(30)10-8-18)23-15-22(20(31)17-38(23)34-21)36-11-13-37(14-12-36)28(39)40-29(2,3)4/h7-10,15,17H,6,11-14H2,1-5H3/i1D3,6D2. The minimum Gasteiger partial charge on any atom is -0.444 e. The predicted molar refractivity (Wildman–Crippen MR) is 155 cm³/mol. The molecule has 5 rings (SSSR count). The molecule has 1 amide bonds. The molecule has 1 saturated heterocycles. The van der Waals surface area contributed by atoms with Crippen molar-refractivity contribution in [2.24, 2.45) is 0 Å². The molecule has 4 aromatic rings. The van der Waals surface area contributed by atoms with E-state index in [2.05, 4.69) is 16.2 Å². The zero-order chi connectivity index (χ0) is 33.8. The van der Waals surface area contributed by atoms with Crippen LogP contribution in [0.1, 0.15) is 45.0 Å². The molecule has 214 valence electrons. The van der Waals surface area contributed by atoms with Crippen LogP contribution in [0.15, 0.2) is 36.5 Å². The first-order valence-corrected chi connectivity index (χ1v) is 13.6. The number of halogens is 2. The van der Waals surface area contributed by atoms with Gasteiger partial charge in [-0.15, -0.1) is 0 Å². The number of piperazine rings is 1. The molecule has 0 atom stereocenters. The van der Waals surface area contributed by atoms with E-state index in [4.69, 9.17) is 11.6 Å².